The van der Waals surface area contributed by atoms with Gasteiger partial charge in [0.15, 0.2) is 0 Å². The molecule has 1 amide bonds. The van der Waals surface area contributed by atoms with E-state index in [0.717, 1.165) is 13.0 Å². The highest BCUT2D eigenvalue weighted by Gasteiger charge is 2.32. The van der Waals surface area contributed by atoms with Crippen LogP contribution in [0.15, 0.2) is 0 Å². The summed E-state index contributed by atoms with van der Waals surface area (Å²) in [6, 6.07) is 0.177. The molecule has 1 saturated heterocycles. The fourth-order valence-corrected chi connectivity index (χ4v) is 1.69. The Morgan fingerprint density at radius 2 is 2.54 bits per heavy atom. The predicted octanol–water partition coefficient (Wildman–Crippen LogP) is 0.218. The molecule has 72 valence electrons. The molecule has 1 rings (SSSR count). The third-order valence-electron chi connectivity index (χ3n) is 2.53. The molecular formula is C10H16N2O. The van der Waals surface area contributed by atoms with Gasteiger partial charge < -0.3 is 10.2 Å². The molecule has 1 fully saturated rings. The van der Waals surface area contributed by atoms with Crippen molar-refractivity contribution in [2.45, 2.75) is 31.8 Å². The molecular weight excluding hydrogens is 164 g/mol. The van der Waals surface area contributed by atoms with Crippen molar-refractivity contribution in [3.05, 3.63) is 0 Å². The van der Waals surface area contributed by atoms with Crippen LogP contribution in [0, 0.1) is 12.3 Å². The molecule has 13 heavy (non-hydrogen) atoms. The van der Waals surface area contributed by atoms with E-state index in [9.17, 15) is 4.79 Å². The molecule has 0 radical (unpaired) electrons. The molecule has 0 aromatic rings. The van der Waals surface area contributed by atoms with Gasteiger partial charge in [0.05, 0.1) is 6.04 Å². The van der Waals surface area contributed by atoms with Crippen LogP contribution in [-0.2, 0) is 4.79 Å². The first kappa shape index (κ1) is 10.1. The fourth-order valence-electron chi connectivity index (χ4n) is 1.69. The van der Waals surface area contributed by atoms with E-state index in [1.807, 2.05) is 18.9 Å². The van der Waals surface area contributed by atoms with Crippen LogP contribution >= 0.6 is 0 Å². The fraction of sp³-hybridized carbons (Fsp3) is 0.700. The van der Waals surface area contributed by atoms with Gasteiger partial charge in [0.25, 0.3) is 0 Å². The lowest BCUT2D eigenvalue weighted by atomic mass is 10.2. The molecule has 0 bridgehead atoms. The molecule has 1 aliphatic heterocycles. The van der Waals surface area contributed by atoms with Gasteiger partial charge in [-0.15, -0.1) is 12.3 Å². The van der Waals surface area contributed by atoms with E-state index in [0.29, 0.717) is 6.42 Å². The van der Waals surface area contributed by atoms with Gasteiger partial charge in [0.2, 0.25) is 5.91 Å². The molecule has 0 saturated carbocycles. The minimum Gasteiger partial charge on any atom is -0.338 e. The summed E-state index contributed by atoms with van der Waals surface area (Å²) in [5, 5.41) is 3.00. The van der Waals surface area contributed by atoms with Crippen LogP contribution in [0.4, 0.5) is 0 Å². The van der Waals surface area contributed by atoms with Crippen LogP contribution < -0.4 is 5.32 Å². The van der Waals surface area contributed by atoms with Gasteiger partial charge in [0.1, 0.15) is 0 Å². The highest BCUT2D eigenvalue weighted by molar-refractivity contribution is 5.84. The van der Waals surface area contributed by atoms with Gasteiger partial charge in [-0.2, -0.15) is 0 Å². The summed E-state index contributed by atoms with van der Waals surface area (Å²) in [6.07, 6.45) is 6.74. The van der Waals surface area contributed by atoms with E-state index >= 15 is 0 Å². The van der Waals surface area contributed by atoms with Crippen molar-refractivity contribution < 1.29 is 4.79 Å². The van der Waals surface area contributed by atoms with Crippen LogP contribution in [-0.4, -0.2) is 36.5 Å². The summed E-state index contributed by atoms with van der Waals surface area (Å²) in [4.78, 5) is 13.5. The zero-order valence-electron chi connectivity index (χ0n) is 8.21. The lowest BCUT2D eigenvalue weighted by Gasteiger charge is -2.22. The predicted molar refractivity (Wildman–Crippen MR) is 52.1 cm³/mol. The summed E-state index contributed by atoms with van der Waals surface area (Å²) in [5.74, 6) is 2.77. The Bertz CT molecular complexity index is 232. The minimum absolute atomic E-state index is 0.000208. The first-order chi connectivity index (χ1) is 6.20. The Hall–Kier alpha value is -1.01. The maximum Gasteiger partial charge on any atom is 0.240 e. The average molecular weight is 180 g/mol. The van der Waals surface area contributed by atoms with Crippen molar-refractivity contribution in [3.8, 4) is 12.3 Å². The number of carbonyl (C=O) groups is 1. The Morgan fingerprint density at radius 3 is 3.00 bits per heavy atom. The van der Waals surface area contributed by atoms with Crippen LogP contribution in [0.25, 0.3) is 0 Å². The summed E-state index contributed by atoms with van der Waals surface area (Å²) in [5.41, 5.74) is 0. The number of rotatable bonds is 3. The summed E-state index contributed by atoms with van der Waals surface area (Å²) in [6.45, 7) is 2.82. The molecule has 3 heteroatoms. The number of likely N-dealkylation sites (N-methyl/N-ethyl adjacent to an activating group) is 1. The maximum absolute atomic E-state index is 11.6. The normalized spacial score (nSPS) is 24.5. The van der Waals surface area contributed by atoms with Gasteiger partial charge in [-0.1, -0.05) is 0 Å². The molecule has 0 aromatic heterocycles. The molecule has 1 N–H and O–H groups in total. The van der Waals surface area contributed by atoms with E-state index in [-0.39, 0.29) is 18.0 Å². The molecule has 2 unspecified atom stereocenters. The largest absolute Gasteiger partial charge is 0.338 e. The number of nitrogens with zero attached hydrogens (tertiary/aromatic N) is 1. The topological polar surface area (TPSA) is 32.3 Å². The Kier molecular flexibility index (Phi) is 3.32. The van der Waals surface area contributed by atoms with E-state index in [1.54, 1.807) is 0 Å². The van der Waals surface area contributed by atoms with E-state index in [4.69, 9.17) is 6.42 Å². The second-order valence-electron chi connectivity index (χ2n) is 3.42. The van der Waals surface area contributed by atoms with Crippen molar-refractivity contribution in [2.75, 3.05) is 13.6 Å². The Balaban J connectivity index is 2.55. The average Bonchev–Trinajstić information content (AvgIpc) is 2.47. The van der Waals surface area contributed by atoms with Crippen molar-refractivity contribution in [3.63, 3.8) is 0 Å². The molecule has 3 nitrogen and oxygen atoms in total. The molecule has 0 aliphatic carbocycles. The second kappa shape index (κ2) is 4.29. The van der Waals surface area contributed by atoms with Gasteiger partial charge in [0, 0.05) is 19.0 Å². The van der Waals surface area contributed by atoms with Crippen LogP contribution in [0.1, 0.15) is 19.8 Å². The molecule has 0 aromatic carbocycles. The van der Waals surface area contributed by atoms with Crippen molar-refractivity contribution in [1.82, 2.24) is 10.2 Å². The van der Waals surface area contributed by atoms with Gasteiger partial charge in [-0.05, 0) is 20.4 Å². The third-order valence-corrected chi connectivity index (χ3v) is 2.53. The minimum atomic E-state index is 0.000208. The highest BCUT2D eigenvalue weighted by Crippen LogP contribution is 2.15. The Labute approximate surface area is 79.5 Å². The third kappa shape index (κ3) is 2.02. The van der Waals surface area contributed by atoms with E-state index in [2.05, 4.69) is 11.2 Å². The number of hydrogen-bond donors (Lipinski definition) is 1. The maximum atomic E-state index is 11.6. The quantitative estimate of drug-likeness (QED) is 0.630. The second-order valence-corrected chi connectivity index (χ2v) is 3.42. The first-order valence-corrected chi connectivity index (χ1v) is 4.62. The van der Waals surface area contributed by atoms with Crippen LogP contribution in [0.5, 0.6) is 0 Å². The molecule has 0 spiro atoms. The smallest absolute Gasteiger partial charge is 0.240 e. The van der Waals surface area contributed by atoms with Crippen molar-refractivity contribution >= 4 is 5.91 Å². The number of terminal acetylenes is 1. The van der Waals surface area contributed by atoms with Crippen molar-refractivity contribution in [1.29, 1.82) is 0 Å². The lowest BCUT2D eigenvalue weighted by Crippen LogP contribution is -2.40. The zero-order valence-corrected chi connectivity index (χ0v) is 8.21. The molecule has 1 heterocycles. The van der Waals surface area contributed by atoms with Gasteiger partial charge >= 0.3 is 0 Å². The summed E-state index contributed by atoms with van der Waals surface area (Å²) < 4.78 is 0. The lowest BCUT2D eigenvalue weighted by molar-refractivity contribution is -0.130. The zero-order chi connectivity index (χ0) is 9.84. The first-order valence-electron chi connectivity index (χ1n) is 4.62. The highest BCUT2D eigenvalue weighted by atomic mass is 16.2. The van der Waals surface area contributed by atoms with E-state index < -0.39 is 0 Å². The number of likely N-dealkylation sites (tertiary alicyclic amines) is 1. The Morgan fingerprint density at radius 1 is 1.85 bits per heavy atom. The standard InChI is InChI=1S/C10H16N2O/c1-4-5-8(2)12-7-6-9(11-3)10(12)13/h1,8-9,11H,5-7H2,2-3H3. The van der Waals surface area contributed by atoms with Gasteiger partial charge in [-0.25, -0.2) is 0 Å². The summed E-state index contributed by atoms with van der Waals surface area (Å²) in [7, 11) is 1.82. The number of carbonyl (C=O) groups excluding carboxylic acids is 1. The van der Waals surface area contributed by atoms with Gasteiger partial charge in [-0.3, -0.25) is 4.79 Å². The SMILES string of the molecule is C#CCC(C)N1CCC(NC)C1=O. The number of nitrogens with one attached hydrogen (secondary N) is 1. The van der Waals surface area contributed by atoms with Crippen LogP contribution in [0.3, 0.4) is 0 Å². The van der Waals surface area contributed by atoms with Crippen LogP contribution in [0.2, 0.25) is 0 Å². The molecule has 2 atom stereocenters. The van der Waals surface area contributed by atoms with E-state index in [1.165, 1.54) is 0 Å². The monoisotopic (exact) mass is 180 g/mol. The summed E-state index contributed by atoms with van der Waals surface area (Å²) >= 11 is 0. The number of amides is 1. The number of hydrogen-bond acceptors (Lipinski definition) is 2. The molecule has 1 aliphatic rings. The van der Waals surface area contributed by atoms with Crippen molar-refractivity contribution in [2.24, 2.45) is 0 Å².